The van der Waals surface area contributed by atoms with Gasteiger partial charge in [-0.2, -0.15) is 4.31 Å². The van der Waals surface area contributed by atoms with Crippen LogP contribution >= 0.6 is 0 Å². The first kappa shape index (κ1) is 22.8. The van der Waals surface area contributed by atoms with Gasteiger partial charge in [-0.25, -0.2) is 13.4 Å². The molecule has 0 bridgehead atoms. The summed E-state index contributed by atoms with van der Waals surface area (Å²) in [5.74, 6) is 0.801. The van der Waals surface area contributed by atoms with Gasteiger partial charge in [0.1, 0.15) is 5.82 Å². The Hall–Kier alpha value is -1.44. The highest BCUT2D eigenvalue weighted by atomic mass is 32.2. The fraction of sp³-hybridized carbons (Fsp3) is 0.667. The molecule has 0 saturated carbocycles. The van der Waals surface area contributed by atoms with Crippen LogP contribution in [0.4, 0.5) is 0 Å². The fourth-order valence-corrected chi connectivity index (χ4v) is 4.49. The maximum absolute atomic E-state index is 12.4. The minimum Gasteiger partial charge on any atom is -0.373 e. The maximum Gasteiger partial charge on any atom is 0.211 e. The zero-order chi connectivity index (χ0) is 21.3. The Kier molecular flexibility index (Phi) is 6.63. The number of H-pyrrole nitrogens is 1. The summed E-state index contributed by atoms with van der Waals surface area (Å²) in [5.41, 5.74) is 1.28. The largest absolute Gasteiger partial charge is 0.373 e. The number of aromatic nitrogens is 2. The third-order valence-electron chi connectivity index (χ3n) is 4.99. The van der Waals surface area contributed by atoms with Gasteiger partial charge in [-0.15, -0.1) is 0 Å². The Morgan fingerprint density at radius 2 is 1.75 bits per heavy atom. The second kappa shape index (κ2) is 8.13. The number of rotatable bonds is 7. The first-order valence-electron chi connectivity index (χ1n) is 9.75. The van der Waals surface area contributed by atoms with Gasteiger partial charge in [0, 0.05) is 18.5 Å². The molecular formula is C21H35N3O3S. The van der Waals surface area contributed by atoms with Gasteiger partial charge >= 0.3 is 0 Å². The molecule has 1 aromatic heterocycles. The summed E-state index contributed by atoms with van der Waals surface area (Å²) in [6.45, 7) is 14.4. The topological polar surface area (TPSA) is 75.3 Å². The van der Waals surface area contributed by atoms with E-state index in [0.29, 0.717) is 6.42 Å². The number of imidazole rings is 1. The van der Waals surface area contributed by atoms with Crippen molar-refractivity contribution in [3.05, 3.63) is 30.1 Å². The van der Waals surface area contributed by atoms with Crippen LogP contribution in [0.1, 0.15) is 54.3 Å². The van der Waals surface area contributed by atoms with Gasteiger partial charge in [-0.3, -0.25) is 0 Å². The predicted octanol–water partition coefficient (Wildman–Crippen LogP) is 3.99. The molecule has 2 atom stereocenters. The molecule has 1 aromatic carbocycles. The summed E-state index contributed by atoms with van der Waals surface area (Å²) < 4.78 is 32.8. The number of fused-ring (bicyclic) bond motifs is 1. The quantitative estimate of drug-likeness (QED) is 0.750. The molecule has 0 saturated heterocycles. The van der Waals surface area contributed by atoms with E-state index in [9.17, 15) is 8.42 Å². The molecule has 158 valence electrons. The summed E-state index contributed by atoms with van der Waals surface area (Å²) in [4.78, 5) is 7.98. The van der Waals surface area contributed by atoms with Gasteiger partial charge in [0.2, 0.25) is 10.0 Å². The minimum atomic E-state index is -3.38. The zero-order valence-electron chi connectivity index (χ0n) is 18.4. The summed E-state index contributed by atoms with van der Waals surface area (Å²) in [6.07, 6.45) is 1.41. The second-order valence-electron chi connectivity index (χ2n) is 9.64. The number of benzene rings is 1. The number of nitrogens with one attached hydrogen (secondary N) is 1. The lowest BCUT2D eigenvalue weighted by molar-refractivity contribution is -0.0650. The van der Waals surface area contributed by atoms with Crippen LogP contribution in [0.5, 0.6) is 0 Å². The van der Waals surface area contributed by atoms with E-state index in [1.165, 1.54) is 10.6 Å². The Labute approximate surface area is 169 Å². The lowest BCUT2D eigenvalue weighted by Gasteiger charge is -2.38. The van der Waals surface area contributed by atoms with Gasteiger partial charge in [-0.1, -0.05) is 32.9 Å². The minimum absolute atomic E-state index is 0.0387. The standard InChI is InChI=1S/C21H35N3O3S/c1-15(20(2,3)4)27-16(14-24(21(5,6)7)28(8,25)26)13-19-22-17-11-9-10-12-18(17)23-19/h9-12,15-16H,13-14H2,1-8H3,(H,22,23). The van der Waals surface area contributed by atoms with Crippen molar-refractivity contribution in [2.24, 2.45) is 5.41 Å². The Balaban J connectivity index is 2.32. The third kappa shape index (κ3) is 6.03. The number of aromatic amines is 1. The first-order valence-corrected chi connectivity index (χ1v) is 11.6. The Bertz CT molecular complexity index is 858. The molecule has 0 aliphatic heterocycles. The Morgan fingerprint density at radius 1 is 1.14 bits per heavy atom. The van der Waals surface area contributed by atoms with Crippen LogP contribution in [-0.2, 0) is 21.2 Å². The highest BCUT2D eigenvalue weighted by Crippen LogP contribution is 2.26. The first-order chi connectivity index (χ1) is 12.7. The number of sulfonamides is 1. The number of hydrogen-bond acceptors (Lipinski definition) is 4. The van der Waals surface area contributed by atoms with E-state index < -0.39 is 15.6 Å². The van der Waals surface area contributed by atoms with E-state index in [2.05, 4.69) is 30.7 Å². The van der Waals surface area contributed by atoms with Gasteiger partial charge in [-0.05, 0) is 45.2 Å². The molecule has 1 heterocycles. The molecule has 0 aliphatic carbocycles. The molecule has 0 amide bonds. The normalized spacial score (nSPS) is 15.9. The van der Waals surface area contributed by atoms with Gasteiger partial charge < -0.3 is 9.72 Å². The van der Waals surface area contributed by atoms with Crippen molar-refractivity contribution in [3.63, 3.8) is 0 Å². The van der Waals surface area contributed by atoms with Crippen LogP contribution in [0.3, 0.4) is 0 Å². The van der Waals surface area contributed by atoms with E-state index in [-0.39, 0.29) is 24.2 Å². The molecule has 0 radical (unpaired) electrons. The SMILES string of the molecule is CC(OC(Cc1nc2ccccc2[nH]1)CN(C(C)(C)C)S(C)(=O)=O)C(C)(C)C. The van der Waals surface area contributed by atoms with E-state index in [0.717, 1.165) is 16.9 Å². The molecular weight excluding hydrogens is 374 g/mol. The van der Waals surface area contributed by atoms with Gasteiger partial charge in [0.05, 0.1) is 29.5 Å². The van der Waals surface area contributed by atoms with Crippen LogP contribution < -0.4 is 0 Å². The van der Waals surface area contributed by atoms with Crippen molar-refractivity contribution >= 4 is 21.1 Å². The average molecular weight is 410 g/mol. The van der Waals surface area contributed by atoms with Crippen LogP contribution in [0.2, 0.25) is 0 Å². The van der Waals surface area contributed by atoms with Crippen molar-refractivity contribution in [1.29, 1.82) is 0 Å². The van der Waals surface area contributed by atoms with Crippen LogP contribution in [0.15, 0.2) is 24.3 Å². The highest BCUT2D eigenvalue weighted by molar-refractivity contribution is 7.88. The van der Waals surface area contributed by atoms with E-state index in [1.807, 2.05) is 52.0 Å². The van der Waals surface area contributed by atoms with Gasteiger partial charge in [0.15, 0.2) is 0 Å². The third-order valence-corrected chi connectivity index (χ3v) is 6.49. The van der Waals surface area contributed by atoms with Crippen molar-refractivity contribution in [2.45, 2.75) is 72.6 Å². The molecule has 2 rings (SSSR count). The monoisotopic (exact) mass is 409 g/mol. The van der Waals surface area contributed by atoms with Crippen molar-refractivity contribution in [3.8, 4) is 0 Å². The van der Waals surface area contributed by atoms with Crippen molar-refractivity contribution in [1.82, 2.24) is 14.3 Å². The van der Waals surface area contributed by atoms with Crippen LogP contribution in [0, 0.1) is 5.41 Å². The second-order valence-corrected chi connectivity index (χ2v) is 11.5. The van der Waals surface area contributed by atoms with E-state index in [1.54, 1.807) is 0 Å². The lowest BCUT2D eigenvalue weighted by atomic mass is 9.90. The molecule has 1 N–H and O–H groups in total. The molecule has 0 fully saturated rings. The van der Waals surface area contributed by atoms with Crippen LogP contribution in [0.25, 0.3) is 11.0 Å². The molecule has 0 aliphatic rings. The lowest BCUT2D eigenvalue weighted by Crippen LogP contribution is -2.50. The maximum atomic E-state index is 12.4. The molecule has 0 spiro atoms. The smallest absolute Gasteiger partial charge is 0.211 e. The summed E-state index contributed by atoms with van der Waals surface area (Å²) >= 11 is 0. The summed E-state index contributed by atoms with van der Waals surface area (Å²) in [5, 5.41) is 0. The van der Waals surface area contributed by atoms with Crippen molar-refractivity contribution < 1.29 is 13.2 Å². The molecule has 2 aromatic rings. The summed E-state index contributed by atoms with van der Waals surface area (Å²) in [7, 11) is -3.38. The molecule has 6 nitrogen and oxygen atoms in total. The molecule has 28 heavy (non-hydrogen) atoms. The number of para-hydroxylation sites is 2. The van der Waals surface area contributed by atoms with Gasteiger partial charge in [0.25, 0.3) is 0 Å². The van der Waals surface area contributed by atoms with Crippen molar-refractivity contribution in [2.75, 3.05) is 12.8 Å². The van der Waals surface area contributed by atoms with E-state index >= 15 is 0 Å². The number of ether oxygens (including phenoxy) is 1. The Morgan fingerprint density at radius 3 is 2.25 bits per heavy atom. The number of hydrogen-bond donors (Lipinski definition) is 1. The molecule has 2 unspecified atom stereocenters. The fourth-order valence-electron chi connectivity index (χ4n) is 3.06. The molecule has 7 heteroatoms. The predicted molar refractivity (Wildman–Crippen MR) is 115 cm³/mol. The highest BCUT2D eigenvalue weighted by Gasteiger charge is 2.34. The van der Waals surface area contributed by atoms with Crippen LogP contribution in [-0.4, -0.2) is 53.2 Å². The number of nitrogens with zero attached hydrogens (tertiary/aromatic N) is 2. The average Bonchev–Trinajstić information content (AvgIpc) is 2.91. The summed E-state index contributed by atoms with van der Waals surface area (Å²) in [6, 6.07) is 7.86. The zero-order valence-corrected chi connectivity index (χ0v) is 19.2. The van der Waals surface area contributed by atoms with E-state index in [4.69, 9.17) is 4.74 Å².